The van der Waals surface area contributed by atoms with Crippen LogP contribution >= 0.6 is 11.8 Å². The summed E-state index contributed by atoms with van der Waals surface area (Å²) < 4.78 is 0. The number of pyridine rings is 1. The Balaban J connectivity index is 1.87. The first-order valence-corrected chi connectivity index (χ1v) is 8.83. The van der Waals surface area contributed by atoms with Gasteiger partial charge >= 0.3 is 0 Å². The van der Waals surface area contributed by atoms with E-state index in [1.165, 1.54) is 24.3 Å². The predicted octanol–water partition coefficient (Wildman–Crippen LogP) is 3.30. The minimum atomic E-state index is 0.149. The van der Waals surface area contributed by atoms with Crippen LogP contribution < -0.4 is 5.32 Å². The lowest BCUT2D eigenvalue weighted by atomic mass is 10.1. The fourth-order valence-electron chi connectivity index (χ4n) is 2.66. The molecule has 0 spiro atoms. The minimum Gasteiger partial charge on any atom is -0.308 e. The summed E-state index contributed by atoms with van der Waals surface area (Å²) in [6.07, 6.45) is 2.01. The molecule has 1 N–H and O–H groups in total. The first-order valence-electron chi connectivity index (χ1n) is 7.88. The Bertz CT molecular complexity index is 428. The van der Waals surface area contributed by atoms with Crippen molar-refractivity contribution in [2.75, 3.05) is 13.1 Å². The highest BCUT2D eigenvalue weighted by Crippen LogP contribution is 2.25. The van der Waals surface area contributed by atoms with Crippen LogP contribution in [0, 0.1) is 0 Å². The monoisotopic (exact) mass is 307 g/mol. The third-order valence-electron chi connectivity index (χ3n) is 3.59. The highest BCUT2D eigenvalue weighted by molar-refractivity contribution is 8.00. The molecule has 0 radical (unpaired) electrons. The van der Waals surface area contributed by atoms with Crippen LogP contribution in [0.4, 0.5) is 0 Å². The molecule has 0 bridgehead atoms. The van der Waals surface area contributed by atoms with Crippen LogP contribution in [0.1, 0.15) is 45.9 Å². The molecule has 21 heavy (non-hydrogen) atoms. The van der Waals surface area contributed by atoms with E-state index in [9.17, 15) is 0 Å². The molecule has 2 atom stereocenters. The second-order valence-corrected chi connectivity index (χ2v) is 9.09. The summed E-state index contributed by atoms with van der Waals surface area (Å²) in [5, 5.41) is 4.95. The first-order chi connectivity index (χ1) is 9.82. The SMILES string of the molecule is CC1CN(Cc2ccc(CNC(C)(C)C)cn2)CC(C)S1. The standard InChI is InChI=1S/C17H29N3S/c1-13-10-20(11-14(2)21-13)12-16-7-6-15(8-18-16)9-19-17(3,4)5/h6-8,13-14,19H,9-12H2,1-5H3. The van der Waals surface area contributed by atoms with Gasteiger partial charge in [-0.25, -0.2) is 0 Å². The zero-order valence-electron chi connectivity index (χ0n) is 14.0. The van der Waals surface area contributed by atoms with E-state index < -0.39 is 0 Å². The molecule has 118 valence electrons. The minimum absolute atomic E-state index is 0.149. The molecule has 3 nitrogen and oxygen atoms in total. The zero-order valence-corrected chi connectivity index (χ0v) is 14.8. The molecule has 0 amide bonds. The Kier molecular flexibility index (Phi) is 5.69. The van der Waals surface area contributed by atoms with Crippen molar-refractivity contribution in [2.24, 2.45) is 0 Å². The number of thioether (sulfide) groups is 1. The number of hydrogen-bond acceptors (Lipinski definition) is 4. The van der Waals surface area contributed by atoms with E-state index in [2.05, 4.69) is 73.7 Å². The second-order valence-electron chi connectivity index (χ2n) is 7.21. The summed E-state index contributed by atoms with van der Waals surface area (Å²) in [7, 11) is 0. The molecule has 4 heteroatoms. The molecular formula is C17H29N3S. The summed E-state index contributed by atoms with van der Waals surface area (Å²) >= 11 is 2.10. The molecular weight excluding hydrogens is 278 g/mol. The fourth-order valence-corrected chi connectivity index (χ4v) is 4.05. The Morgan fingerprint density at radius 3 is 2.43 bits per heavy atom. The fraction of sp³-hybridized carbons (Fsp3) is 0.706. The molecule has 1 aromatic rings. The molecule has 0 aliphatic carbocycles. The lowest BCUT2D eigenvalue weighted by molar-refractivity contribution is 0.260. The number of hydrogen-bond donors (Lipinski definition) is 1. The summed E-state index contributed by atoms with van der Waals surface area (Å²) in [5.41, 5.74) is 2.58. The normalized spacial score (nSPS) is 24.2. The van der Waals surface area contributed by atoms with Gasteiger partial charge in [0.05, 0.1) is 5.69 Å². The molecule has 1 aliphatic rings. The second kappa shape index (κ2) is 7.12. The molecule has 2 unspecified atom stereocenters. The summed E-state index contributed by atoms with van der Waals surface area (Å²) in [6.45, 7) is 15.4. The molecule has 1 aromatic heterocycles. The van der Waals surface area contributed by atoms with Gasteiger partial charge in [-0.1, -0.05) is 19.9 Å². The van der Waals surface area contributed by atoms with E-state index in [1.54, 1.807) is 0 Å². The van der Waals surface area contributed by atoms with Gasteiger partial charge in [-0.05, 0) is 32.4 Å². The topological polar surface area (TPSA) is 28.2 Å². The van der Waals surface area contributed by atoms with Crippen LogP contribution in [0.15, 0.2) is 18.3 Å². The summed E-state index contributed by atoms with van der Waals surface area (Å²) in [5.74, 6) is 0. The van der Waals surface area contributed by atoms with Crippen molar-refractivity contribution < 1.29 is 0 Å². The average Bonchev–Trinajstić information content (AvgIpc) is 2.36. The molecule has 0 saturated carbocycles. The number of aromatic nitrogens is 1. The van der Waals surface area contributed by atoms with E-state index >= 15 is 0 Å². The van der Waals surface area contributed by atoms with Crippen LogP contribution in [0.3, 0.4) is 0 Å². The van der Waals surface area contributed by atoms with Crippen molar-refractivity contribution in [3.8, 4) is 0 Å². The highest BCUT2D eigenvalue weighted by Gasteiger charge is 2.22. The van der Waals surface area contributed by atoms with Crippen molar-refractivity contribution >= 4 is 11.8 Å². The maximum Gasteiger partial charge on any atom is 0.0544 e. The van der Waals surface area contributed by atoms with E-state index in [0.29, 0.717) is 0 Å². The first kappa shape index (κ1) is 16.8. The lowest BCUT2D eigenvalue weighted by Gasteiger charge is -2.34. The van der Waals surface area contributed by atoms with Crippen LogP contribution in [-0.2, 0) is 13.1 Å². The molecule has 0 aromatic carbocycles. The van der Waals surface area contributed by atoms with Gasteiger partial charge in [0.15, 0.2) is 0 Å². The van der Waals surface area contributed by atoms with Crippen LogP contribution in [0.2, 0.25) is 0 Å². The Labute approximate surface area is 133 Å². The average molecular weight is 308 g/mol. The van der Waals surface area contributed by atoms with Crippen LogP contribution in [0.25, 0.3) is 0 Å². The smallest absolute Gasteiger partial charge is 0.0544 e. The lowest BCUT2D eigenvalue weighted by Crippen LogP contribution is -2.39. The van der Waals surface area contributed by atoms with Crippen molar-refractivity contribution in [1.29, 1.82) is 0 Å². The van der Waals surface area contributed by atoms with Gasteiger partial charge in [0.2, 0.25) is 0 Å². The van der Waals surface area contributed by atoms with E-state index in [-0.39, 0.29) is 5.54 Å². The Morgan fingerprint density at radius 2 is 1.90 bits per heavy atom. The zero-order chi connectivity index (χ0) is 15.5. The van der Waals surface area contributed by atoms with E-state index in [0.717, 1.165) is 23.6 Å². The van der Waals surface area contributed by atoms with Gasteiger partial charge in [0.25, 0.3) is 0 Å². The third-order valence-corrected chi connectivity index (χ3v) is 4.82. The summed E-state index contributed by atoms with van der Waals surface area (Å²) in [4.78, 5) is 7.16. The van der Waals surface area contributed by atoms with Crippen molar-refractivity contribution in [1.82, 2.24) is 15.2 Å². The molecule has 1 aliphatic heterocycles. The van der Waals surface area contributed by atoms with E-state index in [1.807, 2.05) is 6.20 Å². The van der Waals surface area contributed by atoms with Gasteiger partial charge in [-0.2, -0.15) is 11.8 Å². The van der Waals surface area contributed by atoms with Crippen LogP contribution in [0.5, 0.6) is 0 Å². The van der Waals surface area contributed by atoms with Gasteiger partial charge in [-0.3, -0.25) is 9.88 Å². The highest BCUT2D eigenvalue weighted by atomic mass is 32.2. The number of rotatable bonds is 4. The van der Waals surface area contributed by atoms with Gasteiger partial charge in [-0.15, -0.1) is 0 Å². The largest absolute Gasteiger partial charge is 0.308 e. The summed E-state index contributed by atoms with van der Waals surface area (Å²) in [6, 6.07) is 4.38. The van der Waals surface area contributed by atoms with Gasteiger partial charge in [0, 0.05) is 48.4 Å². The third kappa shape index (κ3) is 5.97. The molecule has 2 rings (SSSR count). The maximum absolute atomic E-state index is 4.64. The predicted molar refractivity (Wildman–Crippen MR) is 92.6 cm³/mol. The molecule has 1 saturated heterocycles. The quantitative estimate of drug-likeness (QED) is 0.924. The van der Waals surface area contributed by atoms with Crippen molar-refractivity contribution in [3.63, 3.8) is 0 Å². The van der Waals surface area contributed by atoms with Gasteiger partial charge < -0.3 is 5.32 Å². The van der Waals surface area contributed by atoms with Gasteiger partial charge in [0.1, 0.15) is 0 Å². The molecule has 2 heterocycles. The Hall–Kier alpha value is -0.580. The van der Waals surface area contributed by atoms with E-state index in [4.69, 9.17) is 0 Å². The number of nitrogens with zero attached hydrogens (tertiary/aromatic N) is 2. The van der Waals surface area contributed by atoms with Crippen molar-refractivity contribution in [2.45, 2.75) is 63.7 Å². The Morgan fingerprint density at radius 1 is 1.24 bits per heavy atom. The number of nitrogens with one attached hydrogen (secondary N) is 1. The van der Waals surface area contributed by atoms with Crippen LogP contribution in [-0.4, -0.2) is 39.0 Å². The van der Waals surface area contributed by atoms with Crippen molar-refractivity contribution in [3.05, 3.63) is 29.6 Å². The maximum atomic E-state index is 4.64. The molecule has 1 fully saturated rings.